The molecule has 1 aromatic carbocycles. The molecule has 2 aromatic rings. The fraction of sp³-hybridized carbons (Fsp3) is 0.412. The number of hydrogen-bond donors (Lipinski definition) is 2. The molecule has 2 aliphatic rings. The number of hydrogen-bond acceptors (Lipinski definition) is 4. The lowest BCUT2D eigenvalue weighted by Crippen LogP contribution is -2.39. The maximum absolute atomic E-state index is 10.1. The van der Waals surface area contributed by atoms with Gasteiger partial charge in [0, 0.05) is 37.3 Å². The second kappa shape index (κ2) is 4.95. The number of phenols is 1. The molecule has 116 valence electrons. The predicted molar refractivity (Wildman–Crippen MR) is 82.6 cm³/mol. The van der Waals surface area contributed by atoms with Gasteiger partial charge in [-0.05, 0) is 35.2 Å². The second-order valence-corrected chi connectivity index (χ2v) is 6.00. The van der Waals surface area contributed by atoms with E-state index in [1.165, 1.54) is 22.4 Å². The van der Waals surface area contributed by atoms with Crippen LogP contribution in [-0.4, -0.2) is 35.8 Å². The molecule has 0 saturated heterocycles. The lowest BCUT2D eigenvalue weighted by Gasteiger charge is -2.40. The Morgan fingerprint density at radius 2 is 2.05 bits per heavy atom. The van der Waals surface area contributed by atoms with Crippen LogP contribution in [0.3, 0.4) is 0 Å². The molecule has 2 aliphatic heterocycles. The Morgan fingerprint density at radius 3 is 2.82 bits per heavy atom. The van der Waals surface area contributed by atoms with Crippen LogP contribution in [0.15, 0.2) is 18.2 Å². The molecular weight excluding hydrogens is 280 g/mol. The standard InChI is InChI=1S/C17H20N2O3/c1-21-16-5-10-3-4-19-9-11-6-17(22-2)18-13(11)8-14(19)12(10)7-15(16)20/h5-7,14,18,20H,3-4,8-9H2,1-2H3. The van der Waals surface area contributed by atoms with E-state index in [9.17, 15) is 5.11 Å². The third kappa shape index (κ3) is 1.96. The number of H-pyrrole nitrogens is 1. The van der Waals surface area contributed by atoms with Gasteiger partial charge in [0.15, 0.2) is 17.4 Å². The minimum Gasteiger partial charge on any atom is -0.504 e. The Morgan fingerprint density at radius 1 is 1.18 bits per heavy atom. The highest BCUT2D eigenvalue weighted by molar-refractivity contribution is 5.49. The van der Waals surface area contributed by atoms with Gasteiger partial charge in [-0.1, -0.05) is 0 Å². The number of ether oxygens (including phenoxy) is 2. The Kier molecular flexibility index (Phi) is 3.04. The third-order valence-corrected chi connectivity index (χ3v) is 4.87. The van der Waals surface area contributed by atoms with Crippen molar-refractivity contribution in [2.75, 3.05) is 20.8 Å². The van der Waals surface area contributed by atoms with Crippen molar-refractivity contribution in [3.63, 3.8) is 0 Å². The molecule has 0 saturated carbocycles. The number of nitrogens with zero attached hydrogens (tertiary/aromatic N) is 1. The van der Waals surface area contributed by atoms with Gasteiger partial charge >= 0.3 is 0 Å². The zero-order valence-corrected chi connectivity index (χ0v) is 12.8. The summed E-state index contributed by atoms with van der Waals surface area (Å²) in [6, 6.07) is 6.24. The number of aromatic amines is 1. The van der Waals surface area contributed by atoms with Crippen LogP contribution >= 0.6 is 0 Å². The second-order valence-electron chi connectivity index (χ2n) is 6.00. The minimum absolute atomic E-state index is 0.220. The number of nitrogens with one attached hydrogen (secondary N) is 1. The van der Waals surface area contributed by atoms with Gasteiger partial charge in [0.1, 0.15) is 0 Å². The molecule has 0 radical (unpaired) electrons. The van der Waals surface area contributed by atoms with E-state index in [0.29, 0.717) is 11.8 Å². The summed E-state index contributed by atoms with van der Waals surface area (Å²) in [4.78, 5) is 5.82. The largest absolute Gasteiger partial charge is 0.504 e. The van der Waals surface area contributed by atoms with Crippen molar-refractivity contribution in [1.82, 2.24) is 9.88 Å². The summed E-state index contributed by atoms with van der Waals surface area (Å²) in [6.45, 7) is 1.95. The predicted octanol–water partition coefficient (Wildman–Crippen LogP) is 2.39. The molecule has 3 heterocycles. The first kappa shape index (κ1) is 13.5. The van der Waals surface area contributed by atoms with Crippen molar-refractivity contribution in [3.8, 4) is 17.4 Å². The number of phenolic OH excluding ortho intramolecular Hbond substituents is 1. The Bertz CT molecular complexity index is 723. The van der Waals surface area contributed by atoms with E-state index in [1.807, 2.05) is 12.1 Å². The van der Waals surface area contributed by atoms with Crippen molar-refractivity contribution in [1.29, 1.82) is 0 Å². The van der Waals surface area contributed by atoms with Gasteiger partial charge in [-0.25, -0.2) is 0 Å². The summed E-state index contributed by atoms with van der Waals surface area (Å²) < 4.78 is 10.5. The molecule has 2 N–H and O–H groups in total. The molecule has 4 rings (SSSR count). The lowest BCUT2D eigenvalue weighted by atomic mass is 9.86. The number of aromatic hydroxyl groups is 1. The van der Waals surface area contributed by atoms with Crippen LogP contribution in [0.5, 0.6) is 17.4 Å². The van der Waals surface area contributed by atoms with Crippen molar-refractivity contribution in [2.45, 2.75) is 25.4 Å². The fourth-order valence-electron chi connectivity index (χ4n) is 3.72. The molecule has 22 heavy (non-hydrogen) atoms. The molecule has 1 aromatic heterocycles. The Labute approximate surface area is 129 Å². The SMILES string of the molecule is COc1cc2c([nH]1)CC1c3cc(O)c(OC)cc3CCN1C2. The highest BCUT2D eigenvalue weighted by Gasteiger charge is 2.33. The molecule has 0 spiro atoms. The fourth-order valence-corrected chi connectivity index (χ4v) is 3.72. The molecule has 5 nitrogen and oxygen atoms in total. The van der Waals surface area contributed by atoms with E-state index in [1.54, 1.807) is 14.2 Å². The molecule has 0 bridgehead atoms. The molecular formula is C17H20N2O3. The minimum atomic E-state index is 0.220. The quantitative estimate of drug-likeness (QED) is 0.894. The van der Waals surface area contributed by atoms with Crippen LogP contribution in [0.25, 0.3) is 0 Å². The van der Waals surface area contributed by atoms with Crippen molar-refractivity contribution >= 4 is 0 Å². The van der Waals surface area contributed by atoms with Gasteiger partial charge in [0.05, 0.1) is 14.2 Å². The van der Waals surface area contributed by atoms with Crippen molar-refractivity contribution < 1.29 is 14.6 Å². The summed E-state index contributed by atoms with van der Waals surface area (Å²) in [5.74, 6) is 1.60. The maximum atomic E-state index is 10.1. The van der Waals surface area contributed by atoms with Crippen LogP contribution in [0, 0.1) is 0 Å². The van der Waals surface area contributed by atoms with Gasteiger partial charge in [0.2, 0.25) is 0 Å². The summed E-state index contributed by atoms with van der Waals surface area (Å²) in [5, 5.41) is 10.1. The summed E-state index contributed by atoms with van der Waals surface area (Å²) >= 11 is 0. The number of aromatic nitrogens is 1. The van der Waals surface area contributed by atoms with E-state index >= 15 is 0 Å². The number of benzene rings is 1. The molecule has 1 unspecified atom stereocenters. The Balaban J connectivity index is 1.74. The zero-order valence-electron chi connectivity index (χ0n) is 12.8. The van der Waals surface area contributed by atoms with Crippen LogP contribution in [0.1, 0.15) is 28.4 Å². The van der Waals surface area contributed by atoms with Crippen LogP contribution < -0.4 is 9.47 Å². The Hall–Kier alpha value is -2.14. The normalized spacial score (nSPS) is 20.0. The third-order valence-electron chi connectivity index (χ3n) is 4.87. The molecule has 1 atom stereocenters. The number of rotatable bonds is 2. The molecule has 0 fully saturated rings. The molecule has 5 heteroatoms. The topological polar surface area (TPSA) is 57.7 Å². The van der Waals surface area contributed by atoms with Crippen LogP contribution in [0.2, 0.25) is 0 Å². The smallest absolute Gasteiger partial charge is 0.190 e. The monoisotopic (exact) mass is 300 g/mol. The maximum Gasteiger partial charge on any atom is 0.190 e. The number of methoxy groups -OCH3 is 2. The molecule has 0 aliphatic carbocycles. The molecule has 0 amide bonds. The van der Waals surface area contributed by atoms with E-state index in [2.05, 4.69) is 16.0 Å². The van der Waals surface area contributed by atoms with Gasteiger partial charge in [-0.3, -0.25) is 4.90 Å². The van der Waals surface area contributed by atoms with Crippen LogP contribution in [0.4, 0.5) is 0 Å². The van der Waals surface area contributed by atoms with E-state index in [4.69, 9.17) is 9.47 Å². The zero-order chi connectivity index (χ0) is 15.3. The lowest BCUT2D eigenvalue weighted by molar-refractivity contribution is 0.159. The first-order valence-corrected chi connectivity index (χ1v) is 7.58. The van der Waals surface area contributed by atoms with Crippen LogP contribution in [-0.2, 0) is 19.4 Å². The highest BCUT2D eigenvalue weighted by atomic mass is 16.5. The summed E-state index contributed by atoms with van der Waals surface area (Å²) in [7, 11) is 3.28. The summed E-state index contributed by atoms with van der Waals surface area (Å²) in [6.07, 6.45) is 1.90. The highest BCUT2D eigenvalue weighted by Crippen LogP contribution is 2.42. The van der Waals surface area contributed by atoms with Gasteiger partial charge in [-0.2, -0.15) is 0 Å². The van der Waals surface area contributed by atoms with E-state index < -0.39 is 0 Å². The van der Waals surface area contributed by atoms with Crippen molar-refractivity contribution in [2.24, 2.45) is 0 Å². The average Bonchev–Trinajstić information content (AvgIpc) is 2.94. The van der Waals surface area contributed by atoms with E-state index in [-0.39, 0.29) is 5.75 Å². The number of fused-ring (bicyclic) bond motifs is 4. The van der Waals surface area contributed by atoms with Gasteiger partial charge in [0.25, 0.3) is 0 Å². The van der Waals surface area contributed by atoms with Gasteiger partial charge < -0.3 is 19.6 Å². The van der Waals surface area contributed by atoms with E-state index in [0.717, 1.165) is 31.8 Å². The van der Waals surface area contributed by atoms with Gasteiger partial charge in [-0.15, -0.1) is 0 Å². The first-order chi connectivity index (χ1) is 10.7. The van der Waals surface area contributed by atoms with Crippen molar-refractivity contribution in [3.05, 3.63) is 40.6 Å². The first-order valence-electron chi connectivity index (χ1n) is 7.58. The summed E-state index contributed by atoms with van der Waals surface area (Å²) in [5.41, 5.74) is 5.04. The average molecular weight is 300 g/mol.